The first-order valence-electron chi connectivity index (χ1n) is 19.4. The fourth-order valence-electron chi connectivity index (χ4n) is 9.02. The van der Waals surface area contributed by atoms with Gasteiger partial charge in [-0.2, -0.15) is 0 Å². The van der Waals surface area contributed by atoms with E-state index in [1.54, 1.807) is 36.9 Å². The number of rotatable bonds is 8. The van der Waals surface area contributed by atoms with E-state index >= 15 is 0 Å². The zero-order valence-electron chi connectivity index (χ0n) is 32.5. The van der Waals surface area contributed by atoms with Crippen LogP contribution < -0.4 is 30.1 Å². The van der Waals surface area contributed by atoms with Crippen molar-refractivity contribution < 1.29 is 33.8 Å². The first-order valence-corrected chi connectivity index (χ1v) is 19.4. The number of anilines is 2. The lowest BCUT2D eigenvalue weighted by atomic mass is 9.71. The third kappa shape index (κ3) is 6.94. The molecule has 15 heteroatoms. The number of nitrogens with one attached hydrogen (secondary N) is 1. The van der Waals surface area contributed by atoms with Crippen molar-refractivity contribution >= 4 is 46.5 Å². The quantitative estimate of drug-likeness (QED) is 0.198. The van der Waals surface area contributed by atoms with Crippen molar-refractivity contribution in [1.29, 1.82) is 0 Å². The normalized spacial score (nSPS) is 20.0. The van der Waals surface area contributed by atoms with Crippen LogP contribution in [0, 0.1) is 5.41 Å². The molecule has 1 atom stereocenters. The number of nitrogens with zero attached hydrogens (tertiary/aromatic N) is 6. The number of piperidine rings is 2. The molecule has 0 bridgehead atoms. The number of likely N-dealkylation sites (tertiary alicyclic amines) is 1. The number of aryl methyl sites for hydroxylation is 1. The molecular formula is C42H47N7O8. The summed E-state index contributed by atoms with van der Waals surface area (Å²) < 4.78 is 13.6. The van der Waals surface area contributed by atoms with E-state index in [2.05, 4.69) is 43.2 Å². The fraction of sp³-hybridized carbons (Fsp3) is 0.429. The van der Waals surface area contributed by atoms with Crippen LogP contribution in [0.1, 0.15) is 53.6 Å². The minimum atomic E-state index is -0.608. The first kappa shape index (κ1) is 37.9. The topological polar surface area (TPSA) is 167 Å². The monoisotopic (exact) mass is 777 g/mol. The summed E-state index contributed by atoms with van der Waals surface area (Å²) in [6.45, 7) is 6.62. The second kappa shape index (κ2) is 15.2. The molecule has 0 aliphatic carbocycles. The number of aromatic nitrogens is 2. The first-order chi connectivity index (χ1) is 27.5. The van der Waals surface area contributed by atoms with Gasteiger partial charge in [-0.15, -0.1) is 0 Å². The number of hydrogen-bond acceptors (Lipinski definition) is 11. The highest BCUT2D eigenvalue weighted by Crippen LogP contribution is 2.45. The SMILES string of the molecule is COc1cc(-c2cn(C)c(=O)c3cnc(N4CCC4)cc23)cc(OC)c1CN1CCC2(CC1)CN(c1ccc3c(c1)CN(C1CCC(=O)NC1=O)C3=O)C2.O=CO. The smallest absolute Gasteiger partial charge is 0.290 e. The van der Waals surface area contributed by atoms with Crippen molar-refractivity contribution in [2.45, 2.75) is 51.2 Å². The Morgan fingerprint density at radius 1 is 0.930 bits per heavy atom. The van der Waals surface area contributed by atoms with Crippen LogP contribution in [-0.4, -0.2) is 108 Å². The van der Waals surface area contributed by atoms with Crippen LogP contribution in [0.3, 0.4) is 0 Å². The molecule has 2 N–H and O–H groups in total. The van der Waals surface area contributed by atoms with Crippen LogP contribution in [-0.2, 0) is 34.5 Å². The molecule has 2 aromatic heterocycles. The van der Waals surface area contributed by atoms with Crippen LogP contribution in [0.15, 0.2) is 53.6 Å². The lowest BCUT2D eigenvalue weighted by Gasteiger charge is -2.55. The highest BCUT2D eigenvalue weighted by molar-refractivity contribution is 6.05. The fourth-order valence-corrected chi connectivity index (χ4v) is 9.02. The number of imide groups is 1. The summed E-state index contributed by atoms with van der Waals surface area (Å²) in [7, 11) is 5.17. The van der Waals surface area contributed by atoms with E-state index in [4.69, 9.17) is 19.4 Å². The number of fused-ring (bicyclic) bond motifs is 2. The van der Waals surface area contributed by atoms with Crippen LogP contribution in [0.2, 0.25) is 0 Å². The Labute approximate surface area is 329 Å². The zero-order valence-corrected chi connectivity index (χ0v) is 32.5. The van der Waals surface area contributed by atoms with Gasteiger partial charge in [-0.1, -0.05) is 0 Å². The maximum Gasteiger partial charge on any atom is 0.290 e. The molecule has 15 nitrogen and oxygen atoms in total. The lowest BCUT2D eigenvalue weighted by molar-refractivity contribution is -0.137. The van der Waals surface area contributed by atoms with E-state index in [1.165, 1.54) is 0 Å². The van der Waals surface area contributed by atoms with Crippen molar-refractivity contribution in [2.75, 3.05) is 63.3 Å². The molecule has 0 radical (unpaired) electrons. The Bertz CT molecular complexity index is 2300. The average Bonchev–Trinajstić information content (AvgIpc) is 3.50. The molecule has 4 aromatic rings. The predicted molar refractivity (Wildman–Crippen MR) is 213 cm³/mol. The molecule has 2 aromatic carbocycles. The van der Waals surface area contributed by atoms with Crippen LogP contribution in [0.5, 0.6) is 11.5 Å². The molecule has 5 aliphatic heterocycles. The van der Waals surface area contributed by atoms with Gasteiger partial charge in [0.25, 0.3) is 17.9 Å². The van der Waals surface area contributed by atoms with Crippen LogP contribution in [0.4, 0.5) is 11.5 Å². The third-order valence-electron chi connectivity index (χ3n) is 12.4. The summed E-state index contributed by atoms with van der Waals surface area (Å²) in [4.78, 5) is 72.1. The summed E-state index contributed by atoms with van der Waals surface area (Å²) in [5.74, 6) is 1.58. The molecule has 5 aliphatic rings. The lowest BCUT2D eigenvalue weighted by Crippen LogP contribution is -2.60. The number of carboxylic acid groups (broad SMARTS) is 1. The standard InChI is InChI=1S/C41H45N7O6.CH2O2/c1-44-21-31(29-18-36(46-11-4-12-46)42-19-30(29)39(44)51)25-16-34(53-2)32(35(17-25)54-3)22-45-13-9-41(10-14-45)23-47(24-41)27-5-6-28-26(15-27)20-48(40(28)52)33-7-8-37(49)43-38(33)50;2-1-3/h5-6,15-19,21,33H,4,7-14,20,22-24H2,1-3H3,(H,43,49,50);1H,(H,2,3). The Morgan fingerprint density at radius 3 is 2.26 bits per heavy atom. The van der Waals surface area contributed by atoms with Crippen LogP contribution >= 0.6 is 0 Å². The summed E-state index contributed by atoms with van der Waals surface area (Å²) in [6.07, 6.45) is 7.51. The van der Waals surface area contributed by atoms with E-state index < -0.39 is 6.04 Å². The van der Waals surface area contributed by atoms with Gasteiger partial charge in [0.1, 0.15) is 23.4 Å². The molecule has 7 heterocycles. The number of carbonyl (C=O) groups is 4. The van der Waals surface area contributed by atoms with Crippen molar-refractivity contribution in [1.82, 2.24) is 24.7 Å². The Kier molecular flexibility index (Phi) is 10.1. The van der Waals surface area contributed by atoms with Gasteiger partial charge in [-0.3, -0.25) is 34.2 Å². The number of hydrogen-bond donors (Lipinski definition) is 2. The van der Waals surface area contributed by atoms with E-state index in [0.29, 0.717) is 30.5 Å². The predicted octanol–water partition coefficient (Wildman–Crippen LogP) is 3.39. The maximum absolute atomic E-state index is 13.2. The number of pyridine rings is 2. The number of methoxy groups -OCH3 is 2. The molecule has 0 saturated carbocycles. The van der Waals surface area contributed by atoms with Gasteiger partial charge in [0, 0.05) is 92.7 Å². The van der Waals surface area contributed by atoms with Crippen molar-refractivity contribution in [3.05, 3.63) is 75.8 Å². The van der Waals surface area contributed by atoms with Gasteiger partial charge in [0.2, 0.25) is 11.8 Å². The van der Waals surface area contributed by atoms with Crippen molar-refractivity contribution in [3.8, 4) is 22.6 Å². The maximum atomic E-state index is 13.2. The number of amides is 3. The minimum Gasteiger partial charge on any atom is -0.496 e. The Balaban J connectivity index is 0.00000147. The Morgan fingerprint density at radius 2 is 1.63 bits per heavy atom. The minimum absolute atomic E-state index is 0.0773. The molecule has 4 fully saturated rings. The van der Waals surface area contributed by atoms with Crippen LogP contribution in [0.25, 0.3) is 21.9 Å². The van der Waals surface area contributed by atoms with Gasteiger partial charge >= 0.3 is 0 Å². The molecule has 9 rings (SSSR count). The summed E-state index contributed by atoms with van der Waals surface area (Å²) in [6, 6.07) is 11.6. The second-order valence-electron chi connectivity index (χ2n) is 15.7. The number of carbonyl (C=O) groups excluding carboxylic acids is 3. The van der Waals surface area contributed by atoms with Gasteiger partial charge in [0.05, 0.1) is 25.2 Å². The van der Waals surface area contributed by atoms with E-state index in [-0.39, 0.29) is 41.6 Å². The van der Waals surface area contributed by atoms with E-state index in [9.17, 15) is 19.2 Å². The summed E-state index contributed by atoms with van der Waals surface area (Å²) in [5.41, 5.74) is 5.70. The van der Waals surface area contributed by atoms with Crippen molar-refractivity contribution in [2.24, 2.45) is 12.5 Å². The number of ether oxygens (including phenoxy) is 2. The van der Waals surface area contributed by atoms with Gasteiger partial charge in [-0.05, 0) is 86.3 Å². The molecule has 1 unspecified atom stereocenters. The van der Waals surface area contributed by atoms with Gasteiger partial charge in [-0.25, -0.2) is 4.98 Å². The summed E-state index contributed by atoms with van der Waals surface area (Å²) >= 11 is 0. The average molecular weight is 778 g/mol. The molecule has 57 heavy (non-hydrogen) atoms. The third-order valence-corrected chi connectivity index (χ3v) is 12.4. The van der Waals surface area contributed by atoms with E-state index in [1.807, 2.05) is 24.4 Å². The molecule has 1 spiro atoms. The molecule has 298 valence electrons. The highest BCUT2D eigenvalue weighted by Gasteiger charge is 2.46. The van der Waals surface area contributed by atoms with Gasteiger partial charge in [0.15, 0.2) is 0 Å². The zero-order chi connectivity index (χ0) is 40.0. The molecule has 3 amide bonds. The van der Waals surface area contributed by atoms with Gasteiger partial charge < -0.3 is 33.8 Å². The summed E-state index contributed by atoms with van der Waals surface area (Å²) in [5, 5.41) is 10.7. The van der Waals surface area contributed by atoms with E-state index in [0.717, 1.165) is 109 Å². The molecule has 4 saturated heterocycles. The highest BCUT2D eigenvalue weighted by atomic mass is 16.5. The Hall–Kier alpha value is -5.96. The van der Waals surface area contributed by atoms with Crippen molar-refractivity contribution in [3.63, 3.8) is 0 Å². The molecular weight excluding hydrogens is 731 g/mol. The second-order valence-corrected chi connectivity index (χ2v) is 15.7. The largest absolute Gasteiger partial charge is 0.496 e. The number of benzene rings is 2.